The Kier molecular flexibility index (Phi) is 7.44. The average molecular weight is 330 g/mol. The van der Waals surface area contributed by atoms with E-state index in [1.54, 1.807) is 11.8 Å². The molecule has 5 nitrogen and oxygen atoms in total. The van der Waals surface area contributed by atoms with Crippen molar-refractivity contribution in [2.24, 2.45) is 0 Å². The second-order valence-corrected chi connectivity index (χ2v) is 4.74. The summed E-state index contributed by atoms with van der Waals surface area (Å²) in [5, 5.41) is 7.53. The van der Waals surface area contributed by atoms with Gasteiger partial charge in [-0.1, -0.05) is 18.5 Å². The van der Waals surface area contributed by atoms with Crippen LogP contribution in [0.4, 0.5) is 13.2 Å². The van der Waals surface area contributed by atoms with Gasteiger partial charge in [0.05, 0.1) is 42.7 Å². The summed E-state index contributed by atoms with van der Waals surface area (Å²) in [4.78, 5) is 0. The maximum Gasteiger partial charge on any atom is 0.411 e. The van der Waals surface area contributed by atoms with Crippen LogP contribution in [-0.2, 0) is 16.0 Å². The van der Waals surface area contributed by atoms with Gasteiger partial charge in [0, 0.05) is 7.11 Å². The second kappa shape index (κ2) is 8.57. The lowest BCUT2D eigenvalue weighted by Gasteiger charge is -2.20. The molecular weight excluding hydrogens is 311 g/mol. The molecule has 0 saturated heterocycles. The monoisotopic (exact) mass is 329 g/mol. The molecule has 1 aromatic rings. The molecule has 122 valence electrons. The minimum absolute atomic E-state index is 0.147. The molecule has 0 aromatic carbocycles. The van der Waals surface area contributed by atoms with Crippen molar-refractivity contribution in [3.63, 3.8) is 0 Å². The lowest BCUT2D eigenvalue weighted by Crippen LogP contribution is -2.30. The van der Waals surface area contributed by atoms with Crippen molar-refractivity contribution in [2.75, 3.05) is 33.5 Å². The number of ether oxygens (including phenoxy) is 2. The van der Waals surface area contributed by atoms with Crippen LogP contribution in [-0.4, -0.2) is 49.4 Å². The smallest absolute Gasteiger partial charge is 0.383 e. The Bertz CT molecular complexity index is 426. The van der Waals surface area contributed by atoms with Crippen LogP contribution in [0.3, 0.4) is 0 Å². The molecule has 0 amide bonds. The zero-order valence-electron chi connectivity index (χ0n) is 11.9. The van der Waals surface area contributed by atoms with E-state index < -0.39 is 18.8 Å². The number of nitrogens with zero attached hydrogens (tertiary/aromatic N) is 2. The molecule has 0 bridgehead atoms. The van der Waals surface area contributed by atoms with Gasteiger partial charge >= 0.3 is 6.18 Å². The fourth-order valence-corrected chi connectivity index (χ4v) is 2.12. The lowest BCUT2D eigenvalue weighted by atomic mass is 10.2. The van der Waals surface area contributed by atoms with Gasteiger partial charge in [-0.05, 0) is 6.54 Å². The first-order valence-corrected chi connectivity index (χ1v) is 6.84. The normalized spacial score (nSPS) is 13.6. The van der Waals surface area contributed by atoms with Crippen LogP contribution in [0.5, 0.6) is 0 Å². The van der Waals surface area contributed by atoms with E-state index in [2.05, 4.69) is 10.4 Å². The minimum Gasteiger partial charge on any atom is -0.383 e. The molecule has 0 saturated carbocycles. The van der Waals surface area contributed by atoms with E-state index in [4.69, 9.17) is 21.1 Å². The lowest BCUT2D eigenvalue weighted by molar-refractivity contribution is -0.175. The molecular formula is C12H19ClF3N3O2. The van der Waals surface area contributed by atoms with Crippen LogP contribution in [0, 0.1) is 0 Å². The molecule has 1 atom stereocenters. The summed E-state index contributed by atoms with van der Waals surface area (Å²) in [5.74, 6) is 0. The summed E-state index contributed by atoms with van der Waals surface area (Å²) in [5.41, 5.74) is 0.595. The highest BCUT2D eigenvalue weighted by Crippen LogP contribution is 2.24. The number of methoxy groups -OCH3 is 1. The number of alkyl halides is 3. The van der Waals surface area contributed by atoms with Crippen molar-refractivity contribution < 1.29 is 22.6 Å². The zero-order chi connectivity index (χ0) is 15.9. The highest BCUT2D eigenvalue weighted by molar-refractivity contribution is 6.31. The van der Waals surface area contributed by atoms with Gasteiger partial charge in [0.15, 0.2) is 0 Å². The van der Waals surface area contributed by atoms with E-state index in [9.17, 15) is 13.2 Å². The molecule has 0 radical (unpaired) electrons. The Morgan fingerprint density at radius 3 is 2.76 bits per heavy atom. The van der Waals surface area contributed by atoms with Gasteiger partial charge in [-0.2, -0.15) is 18.3 Å². The molecule has 1 N–H and O–H groups in total. The summed E-state index contributed by atoms with van der Waals surface area (Å²) in [7, 11) is 1.55. The van der Waals surface area contributed by atoms with Crippen LogP contribution in [0.1, 0.15) is 18.7 Å². The fourth-order valence-electron chi connectivity index (χ4n) is 1.85. The summed E-state index contributed by atoms with van der Waals surface area (Å²) >= 11 is 6.08. The molecule has 0 aliphatic carbocycles. The van der Waals surface area contributed by atoms with Gasteiger partial charge in [-0.25, -0.2) is 0 Å². The zero-order valence-corrected chi connectivity index (χ0v) is 12.7. The van der Waals surface area contributed by atoms with Gasteiger partial charge in [-0.3, -0.25) is 4.68 Å². The molecule has 0 aliphatic heterocycles. The third-order valence-electron chi connectivity index (χ3n) is 2.67. The Labute approximate surface area is 126 Å². The van der Waals surface area contributed by atoms with Crippen LogP contribution in [0.15, 0.2) is 6.20 Å². The van der Waals surface area contributed by atoms with Crippen molar-refractivity contribution in [3.05, 3.63) is 16.9 Å². The quantitative estimate of drug-likeness (QED) is 0.756. The van der Waals surface area contributed by atoms with E-state index in [1.807, 2.05) is 6.92 Å². The summed E-state index contributed by atoms with van der Waals surface area (Å²) in [6.07, 6.45) is -2.89. The Hall–Kier alpha value is -0.830. The largest absolute Gasteiger partial charge is 0.411 e. The van der Waals surface area contributed by atoms with Gasteiger partial charge < -0.3 is 14.8 Å². The first kappa shape index (κ1) is 18.2. The first-order valence-electron chi connectivity index (χ1n) is 6.47. The molecule has 0 spiro atoms. The third kappa shape index (κ3) is 6.21. The first-order chi connectivity index (χ1) is 9.89. The van der Waals surface area contributed by atoms with E-state index in [0.29, 0.717) is 30.4 Å². The number of nitrogens with one attached hydrogen (secondary N) is 1. The molecule has 9 heteroatoms. The minimum atomic E-state index is -4.35. The van der Waals surface area contributed by atoms with Crippen LogP contribution in [0.25, 0.3) is 0 Å². The van der Waals surface area contributed by atoms with E-state index in [0.717, 1.165) is 0 Å². The van der Waals surface area contributed by atoms with Crippen molar-refractivity contribution in [1.82, 2.24) is 15.1 Å². The topological polar surface area (TPSA) is 48.3 Å². The second-order valence-electron chi connectivity index (χ2n) is 4.33. The van der Waals surface area contributed by atoms with Crippen LogP contribution in [0.2, 0.25) is 5.02 Å². The molecule has 1 unspecified atom stereocenters. The van der Waals surface area contributed by atoms with Gasteiger partial charge in [0.2, 0.25) is 0 Å². The van der Waals surface area contributed by atoms with Crippen LogP contribution >= 0.6 is 11.6 Å². The number of hydrogen-bond acceptors (Lipinski definition) is 4. The molecule has 21 heavy (non-hydrogen) atoms. The maximum absolute atomic E-state index is 12.2. The summed E-state index contributed by atoms with van der Waals surface area (Å²) < 4.78 is 47.8. The Balaban J connectivity index is 2.77. The van der Waals surface area contributed by atoms with E-state index in [-0.39, 0.29) is 6.61 Å². The van der Waals surface area contributed by atoms with Gasteiger partial charge in [0.25, 0.3) is 0 Å². The highest BCUT2D eigenvalue weighted by Gasteiger charge is 2.29. The fraction of sp³-hybridized carbons (Fsp3) is 0.750. The predicted octanol–water partition coefficient (Wildman–Crippen LogP) is 2.41. The number of rotatable bonds is 9. The number of likely N-dealkylation sites (N-methyl/N-ethyl adjacent to an activating group) is 1. The highest BCUT2D eigenvalue weighted by atomic mass is 35.5. The van der Waals surface area contributed by atoms with Crippen LogP contribution < -0.4 is 5.32 Å². The number of aromatic nitrogens is 2. The number of hydrogen-bond donors (Lipinski definition) is 1. The Morgan fingerprint density at radius 2 is 2.19 bits per heavy atom. The summed E-state index contributed by atoms with van der Waals surface area (Å²) in [6.45, 7) is 1.85. The SMILES string of the molecule is CCNC(COCC(F)(F)F)c1c(Cl)cnn1CCOC. The van der Waals surface area contributed by atoms with Crippen molar-refractivity contribution in [3.8, 4) is 0 Å². The summed E-state index contributed by atoms with van der Waals surface area (Å²) in [6, 6.07) is -0.468. The molecule has 1 aromatic heterocycles. The average Bonchev–Trinajstić information content (AvgIpc) is 2.75. The van der Waals surface area contributed by atoms with E-state index >= 15 is 0 Å². The predicted molar refractivity (Wildman–Crippen MR) is 72.4 cm³/mol. The van der Waals surface area contributed by atoms with Gasteiger partial charge in [-0.15, -0.1) is 0 Å². The molecule has 0 fully saturated rings. The molecule has 1 heterocycles. The standard InChI is InChI=1S/C12H19ClF3N3O2/c1-3-17-10(7-21-8-12(14,15)16)11-9(13)6-18-19(11)4-5-20-2/h6,10,17H,3-5,7-8H2,1-2H3. The Morgan fingerprint density at radius 1 is 1.48 bits per heavy atom. The van der Waals surface area contributed by atoms with Crippen molar-refractivity contribution in [1.29, 1.82) is 0 Å². The molecule has 0 aliphatic rings. The molecule has 1 rings (SSSR count). The third-order valence-corrected chi connectivity index (χ3v) is 2.96. The maximum atomic E-state index is 12.2. The van der Waals surface area contributed by atoms with Crippen molar-refractivity contribution >= 4 is 11.6 Å². The number of halogens is 4. The van der Waals surface area contributed by atoms with E-state index in [1.165, 1.54) is 6.20 Å². The van der Waals surface area contributed by atoms with Gasteiger partial charge in [0.1, 0.15) is 6.61 Å². The van der Waals surface area contributed by atoms with Crippen molar-refractivity contribution in [2.45, 2.75) is 25.7 Å².